The van der Waals surface area contributed by atoms with Gasteiger partial charge in [-0.05, 0) is 25.3 Å². The van der Waals surface area contributed by atoms with E-state index in [9.17, 15) is 14.4 Å². The van der Waals surface area contributed by atoms with Crippen LogP contribution in [0.25, 0.3) is 0 Å². The Morgan fingerprint density at radius 3 is 2.42 bits per heavy atom. The van der Waals surface area contributed by atoms with Gasteiger partial charge in [-0.15, -0.1) is 0 Å². The Hall–Kier alpha value is -3.99. The normalized spacial score (nSPS) is 16.6. The highest BCUT2D eigenvalue weighted by Gasteiger charge is 2.37. The molecule has 1 saturated heterocycles. The second kappa shape index (κ2) is 9.94. The molecule has 3 aromatic rings. The summed E-state index contributed by atoms with van der Waals surface area (Å²) in [5.74, 6) is 0.540. The summed E-state index contributed by atoms with van der Waals surface area (Å²) in [6.07, 6.45) is 5.78. The van der Waals surface area contributed by atoms with Crippen molar-refractivity contribution in [2.75, 3.05) is 18.4 Å². The fourth-order valence-electron chi connectivity index (χ4n) is 4.68. The Morgan fingerprint density at radius 1 is 1.06 bits per heavy atom. The molecule has 1 aromatic carbocycles. The van der Waals surface area contributed by atoms with Gasteiger partial charge in [0, 0.05) is 19.1 Å². The Labute approximate surface area is 212 Å². The van der Waals surface area contributed by atoms with Crippen LogP contribution in [0.4, 0.5) is 15.5 Å². The average molecular weight is 509 g/mol. The zero-order valence-corrected chi connectivity index (χ0v) is 20.4. The lowest BCUT2D eigenvalue weighted by Crippen LogP contribution is -2.50. The standard InChI is InChI=1S/C24H25ClN8O3/c1-15-26-13-19-14-32(24(36)33(15)19)18-7-9-31(10-8-18)21(34)20(16-5-3-2-4-6-16)29-23(35)30-22-27-11-17(25)12-28-22/h2-6,11-13,18,20H,7-10,14H2,1H3,(H2,27,28,29,30,35). The van der Waals surface area contributed by atoms with Gasteiger partial charge < -0.3 is 15.1 Å². The van der Waals surface area contributed by atoms with Crippen molar-refractivity contribution in [3.63, 3.8) is 0 Å². The molecule has 2 N–H and O–H groups in total. The van der Waals surface area contributed by atoms with E-state index >= 15 is 0 Å². The van der Waals surface area contributed by atoms with Crippen molar-refractivity contribution in [3.8, 4) is 0 Å². The minimum atomic E-state index is -0.891. The van der Waals surface area contributed by atoms with Gasteiger partial charge in [0.15, 0.2) is 0 Å². The predicted octanol–water partition coefficient (Wildman–Crippen LogP) is 2.97. The number of hydrogen-bond donors (Lipinski definition) is 2. The fraction of sp³-hybridized carbons (Fsp3) is 0.333. The number of urea groups is 1. The van der Waals surface area contributed by atoms with E-state index in [1.807, 2.05) is 30.0 Å². The van der Waals surface area contributed by atoms with E-state index in [1.54, 1.807) is 27.8 Å². The highest BCUT2D eigenvalue weighted by Crippen LogP contribution is 2.27. The van der Waals surface area contributed by atoms with Gasteiger partial charge in [0.2, 0.25) is 11.9 Å². The molecule has 2 aliphatic heterocycles. The Balaban J connectivity index is 1.24. The maximum Gasteiger partial charge on any atom is 0.330 e. The summed E-state index contributed by atoms with van der Waals surface area (Å²) in [6.45, 7) is 3.30. The zero-order chi connectivity index (χ0) is 25.2. The minimum Gasteiger partial charge on any atom is -0.340 e. The summed E-state index contributed by atoms with van der Waals surface area (Å²) < 4.78 is 1.65. The summed E-state index contributed by atoms with van der Waals surface area (Å²) in [5.41, 5.74) is 1.55. The summed E-state index contributed by atoms with van der Waals surface area (Å²) in [7, 11) is 0. The minimum absolute atomic E-state index is 0.0364. The summed E-state index contributed by atoms with van der Waals surface area (Å²) in [5, 5.41) is 5.63. The lowest BCUT2D eigenvalue weighted by atomic mass is 10.0. The van der Waals surface area contributed by atoms with Crippen LogP contribution in [0.3, 0.4) is 0 Å². The van der Waals surface area contributed by atoms with Crippen LogP contribution in [0.2, 0.25) is 5.02 Å². The number of hydrogen-bond acceptors (Lipinski definition) is 6. The van der Waals surface area contributed by atoms with Crippen LogP contribution in [0, 0.1) is 6.92 Å². The number of carbonyl (C=O) groups is 3. The van der Waals surface area contributed by atoms with Crippen LogP contribution in [0.15, 0.2) is 48.9 Å². The molecule has 0 aliphatic carbocycles. The average Bonchev–Trinajstić information content (AvgIpc) is 3.43. The van der Waals surface area contributed by atoms with Crippen LogP contribution < -0.4 is 10.6 Å². The molecule has 11 nitrogen and oxygen atoms in total. The number of piperidine rings is 1. The number of carbonyl (C=O) groups excluding carboxylic acids is 3. The summed E-state index contributed by atoms with van der Waals surface area (Å²) in [4.78, 5) is 54.8. The molecule has 5 rings (SSSR count). The van der Waals surface area contributed by atoms with E-state index in [1.165, 1.54) is 12.4 Å². The lowest BCUT2D eigenvalue weighted by Gasteiger charge is -2.37. The van der Waals surface area contributed by atoms with Gasteiger partial charge in [0.25, 0.3) is 0 Å². The third kappa shape index (κ3) is 4.74. The molecule has 1 atom stereocenters. The number of halogens is 1. The molecule has 4 amide bonds. The van der Waals surface area contributed by atoms with Crippen molar-refractivity contribution >= 4 is 35.5 Å². The zero-order valence-electron chi connectivity index (χ0n) is 19.6. The quantitative estimate of drug-likeness (QED) is 0.545. The van der Waals surface area contributed by atoms with E-state index in [2.05, 4.69) is 25.6 Å². The van der Waals surface area contributed by atoms with Crippen LogP contribution in [0.1, 0.15) is 36.0 Å². The third-order valence-corrected chi connectivity index (χ3v) is 6.69. The summed E-state index contributed by atoms with van der Waals surface area (Å²) in [6, 6.07) is 7.54. The first-order valence-corrected chi connectivity index (χ1v) is 12.0. The third-order valence-electron chi connectivity index (χ3n) is 6.50. The number of aromatic nitrogens is 4. The first-order chi connectivity index (χ1) is 17.4. The van der Waals surface area contributed by atoms with E-state index in [0.29, 0.717) is 48.9 Å². The number of aryl methyl sites for hydroxylation is 1. The number of likely N-dealkylation sites (tertiary alicyclic amines) is 1. The van der Waals surface area contributed by atoms with Gasteiger partial charge in [0.1, 0.15) is 11.9 Å². The highest BCUT2D eigenvalue weighted by molar-refractivity contribution is 6.30. The number of amides is 4. The van der Waals surface area contributed by atoms with E-state index in [-0.39, 0.29) is 23.9 Å². The van der Waals surface area contributed by atoms with Crippen molar-refractivity contribution < 1.29 is 14.4 Å². The molecule has 4 heterocycles. The highest BCUT2D eigenvalue weighted by atomic mass is 35.5. The molecule has 0 saturated carbocycles. The number of rotatable bonds is 5. The van der Waals surface area contributed by atoms with Gasteiger partial charge in [-0.3, -0.25) is 14.7 Å². The fourth-order valence-corrected chi connectivity index (χ4v) is 4.78. The maximum atomic E-state index is 13.5. The second-order valence-corrected chi connectivity index (χ2v) is 9.20. The molecule has 1 unspecified atom stereocenters. The maximum absolute atomic E-state index is 13.5. The molecule has 0 radical (unpaired) electrons. The number of nitrogens with zero attached hydrogens (tertiary/aromatic N) is 6. The van der Waals surface area contributed by atoms with Crippen molar-refractivity contribution in [1.29, 1.82) is 0 Å². The number of fused-ring (bicyclic) bond motifs is 1. The van der Waals surface area contributed by atoms with Crippen molar-refractivity contribution in [2.24, 2.45) is 0 Å². The SMILES string of the molecule is Cc1ncc2n1C(=O)N(C1CCN(C(=O)C(NC(=O)Nc3ncc(Cl)cn3)c3ccccc3)CC1)C2. The van der Waals surface area contributed by atoms with E-state index in [4.69, 9.17) is 11.6 Å². The Morgan fingerprint density at radius 2 is 1.75 bits per heavy atom. The Kier molecular flexibility index (Phi) is 6.55. The van der Waals surface area contributed by atoms with Crippen LogP contribution in [-0.4, -0.2) is 66.4 Å². The van der Waals surface area contributed by atoms with Gasteiger partial charge in [0.05, 0.1) is 35.9 Å². The monoisotopic (exact) mass is 508 g/mol. The van der Waals surface area contributed by atoms with Crippen LogP contribution in [0.5, 0.6) is 0 Å². The molecule has 186 valence electrons. The molecule has 0 bridgehead atoms. The van der Waals surface area contributed by atoms with Crippen molar-refractivity contribution in [1.82, 2.24) is 34.6 Å². The smallest absolute Gasteiger partial charge is 0.330 e. The predicted molar refractivity (Wildman–Crippen MR) is 131 cm³/mol. The van der Waals surface area contributed by atoms with Crippen molar-refractivity contribution in [2.45, 2.75) is 38.4 Å². The van der Waals surface area contributed by atoms with Gasteiger partial charge in [-0.25, -0.2) is 24.5 Å². The van der Waals surface area contributed by atoms with Gasteiger partial charge in [-0.2, -0.15) is 0 Å². The number of anilines is 1. The Bertz CT molecular complexity index is 1270. The molecule has 2 aromatic heterocycles. The molecule has 12 heteroatoms. The van der Waals surface area contributed by atoms with Crippen LogP contribution in [-0.2, 0) is 11.3 Å². The molecule has 0 spiro atoms. The first-order valence-electron chi connectivity index (χ1n) is 11.6. The number of imidazole rings is 1. The summed E-state index contributed by atoms with van der Waals surface area (Å²) >= 11 is 5.80. The molecular formula is C24H25ClN8O3. The van der Waals surface area contributed by atoms with E-state index < -0.39 is 12.1 Å². The molecule has 36 heavy (non-hydrogen) atoms. The van der Waals surface area contributed by atoms with Crippen molar-refractivity contribution in [3.05, 3.63) is 71.0 Å². The lowest BCUT2D eigenvalue weighted by molar-refractivity contribution is -0.134. The number of nitrogens with one attached hydrogen (secondary N) is 2. The van der Waals surface area contributed by atoms with Gasteiger partial charge in [-0.1, -0.05) is 41.9 Å². The first kappa shape index (κ1) is 23.7. The largest absolute Gasteiger partial charge is 0.340 e. The second-order valence-electron chi connectivity index (χ2n) is 8.77. The molecule has 1 fully saturated rings. The molecular weight excluding hydrogens is 484 g/mol. The molecule has 2 aliphatic rings. The van der Waals surface area contributed by atoms with Gasteiger partial charge >= 0.3 is 12.1 Å². The van der Waals surface area contributed by atoms with E-state index in [0.717, 1.165) is 5.69 Å². The number of benzene rings is 1. The van der Waals surface area contributed by atoms with Crippen LogP contribution >= 0.6 is 11.6 Å². The topological polar surface area (TPSA) is 125 Å².